The Bertz CT molecular complexity index is 1830. The standard InChI is InChI=1S/C36H36N4O4S/c41-35-13-10-26-8-11-29(24-33(26)40(35)25-44-36(42)28-9-12-31-27(23-28)5-4-15-37-31)43-21-2-1-16-38-17-19-39(20-18-38)32-6-3-7-34-30(32)14-22-45-34/h3-9,11-12,14-15,22-24H,1-2,10,13,16-21,25H2. The Hall–Kier alpha value is -4.47. The molecule has 0 aliphatic carbocycles. The normalized spacial score (nSPS) is 15.4. The molecule has 2 aliphatic rings. The summed E-state index contributed by atoms with van der Waals surface area (Å²) in [4.78, 5) is 36.6. The SMILES string of the molecule is O=C(OCN1C(=O)CCc2ccc(OCCCCN3CCN(c4cccc5sccc45)CC3)cc21)c1ccc2ncccc2c1. The predicted octanol–water partition coefficient (Wildman–Crippen LogP) is 6.52. The minimum Gasteiger partial charge on any atom is -0.494 e. The molecule has 0 atom stereocenters. The summed E-state index contributed by atoms with van der Waals surface area (Å²) in [6.45, 7) is 5.76. The number of thiophene rings is 1. The first-order valence-electron chi connectivity index (χ1n) is 15.6. The van der Waals surface area contributed by atoms with Crippen LogP contribution in [0.5, 0.6) is 5.75 Å². The molecular weight excluding hydrogens is 584 g/mol. The summed E-state index contributed by atoms with van der Waals surface area (Å²) in [5.41, 5.74) is 4.38. The third kappa shape index (κ3) is 6.50. The lowest BCUT2D eigenvalue weighted by Crippen LogP contribution is -2.46. The molecule has 2 aliphatic heterocycles. The number of amides is 1. The van der Waals surface area contributed by atoms with Crippen LogP contribution in [0.25, 0.3) is 21.0 Å². The van der Waals surface area contributed by atoms with E-state index in [9.17, 15) is 9.59 Å². The van der Waals surface area contributed by atoms with E-state index in [4.69, 9.17) is 9.47 Å². The van der Waals surface area contributed by atoms with Gasteiger partial charge in [-0.15, -0.1) is 11.3 Å². The van der Waals surface area contributed by atoms with Crippen LogP contribution in [0.3, 0.4) is 0 Å². The number of carbonyl (C=O) groups excluding carboxylic acids is 2. The number of benzene rings is 3. The van der Waals surface area contributed by atoms with Crippen molar-refractivity contribution in [1.82, 2.24) is 9.88 Å². The van der Waals surface area contributed by atoms with Gasteiger partial charge in [-0.05, 0) is 85.3 Å². The van der Waals surface area contributed by atoms with Crippen molar-refractivity contribution in [3.63, 3.8) is 0 Å². The molecule has 0 bridgehead atoms. The Kier molecular flexibility index (Phi) is 8.62. The van der Waals surface area contributed by atoms with Gasteiger partial charge in [0.2, 0.25) is 5.91 Å². The van der Waals surface area contributed by atoms with Crippen molar-refractivity contribution < 1.29 is 19.1 Å². The van der Waals surface area contributed by atoms with Crippen LogP contribution in [-0.4, -0.2) is 67.8 Å². The molecule has 0 radical (unpaired) electrons. The third-order valence-electron chi connectivity index (χ3n) is 8.74. The van der Waals surface area contributed by atoms with Crippen LogP contribution in [0.4, 0.5) is 11.4 Å². The highest BCUT2D eigenvalue weighted by atomic mass is 32.1. The fourth-order valence-corrected chi connectivity index (χ4v) is 7.06. The maximum absolute atomic E-state index is 12.9. The molecule has 2 aromatic heterocycles. The van der Waals surface area contributed by atoms with Crippen molar-refractivity contribution in [3.8, 4) is 5.75 Å². The molecule has 230 valence electrons. The van der Waals surface area contributed by atoms with Crippen LogP contribution in [0.1, 0.15) is 35.2 Å². The van der Waals surface area contributed by atoms with E-state index in [1.54, 1.807) is 40.6 Å². The average Bonchev–Trinajstić information content (AvgIpc) is 3.57. The van der Waals surface area contributed by atoms with Crippen molar-refractivity contribution >= 4 is 55.6 Å². The molecule has 1 amide bonds. The number of unbranched alkanes of at least 4 members (excludes halogenated alkanes) is 1. The zero-order valence-electron chi connectivity index (χ0n) is 25.2. The number of aryl methyl sites for hydroxylation is 1. The summed E-state index contributed by atoms with van der Waals surface area (Å²) in [6.07, 6.45) is 4.77. The predicted molar refractivity (Wildman–Crippen MR) is 179 cm³/mol. The first kappa shape index (κ1) is 29.3. The monoisotopic (exact) mass is 620 g/mol. The number of rotatable bonds is 10. The van der Waals surface area contributed by atoms with Gasteiger partial charge >= 0.3 is 5.97 Å². The Balaban J connectivity index is 0.883. The van der Waals surface area contributed by atoms with Crippen molar-refractivity contribution in [2.75, 3.05) is 55.9 Å². The zero-order chi connectivity index (χ0) is 30.6. The largest absolute Gasteiger partial charge is 0.494 e. The van der Waals surface area contributed by atoms with Gasteiger partial charge in [-0.2, -0.15) is 0 Å². The number of fused-ring (bicyclic) bond motifs is 3. The molecule has 9 heteroatoms. The minimum atomic E-state index is -0.477. The second kappa shape index (κ2) is 13.3. The van der Waals surface area contributed by atoms with Gasteiger partial charge in [0, 0.05) is 66.0 Å². The van der Waals surface area contributed by atoms with E-state index < -0.39 is 5.97 Å². The van der Waals surface area contributed by atoms with Gasteiger partial charge in [0.05, 0.1) is 23.4 Å². The lowest BCUT2D eigenvalue weighted by Gasteiger charge is -2.36. The molecular formula is C36H36N4O4S. The van der Waals surface area contributed by atoms with Crippen molar-refractivity contribution in [2.24, 2.45) is 0 Å². The number of pyridine rings is 1. The molecule has 8 nitrogen and oxygen atoms in total. The fourth-order valence-electron chi connectivity index (χ4n) is 6.25. The summed E-state index contributed by atoms with van der Waals surface area (Å²) in [6, 6.07) is 23.7. The third-order valence-corrected chi connectivity index (χ3v) is 9.63. The van der Waals surface area contributed by atoms with Crippen LogP contribution >= 0.6 is 11.3 Å². The fraction of sp³-hybridized carbons (Fsp3) is 0.306. The number of ether oxygens (including phenoxy) is 2. The summed E-state index contributed by atoms with van der Waals surface area (Å²) < 4.78 is 13.1. The van der Waals surface area contributed by atoms with E-state index in [1.165, 1.54) is 15.8 Å². The van der Waals surface area contributed by atoms with Gasteiger partial charge in [0.25, 0.3) is 0 Å². The number of piperazine rings is 1. The van der Waals surface area contributed by atoms with E-state index in [0.717, 1.165) is 73.5 Å². The summed E-state index contributed by atoms with van der Waals surface area (Å²) in [5, 5.41) is 4.40. The maximum atomic E-state index is 12.9. The summed E-state index contributed by atoms with van der Waals surface area (Å²) >= 11 is 1.80. The van der Waals surface area contributed by atoms with Gasteiger partial charge in [-0.3, -0.25) is 19.6 Å². The van der Waals surface area contributed by atoms with E-state index in [2.05, 4.69) is 44.4 Å². The highest BCUT2D eigenvalue weighted by molar-refractivity contribution is 7.17. The number of esters is 1. The second-order valence-electron chi connectivity index (χ2n) is 11.6. The van der Waals surface area contributed by atoms with Crippen LogP contribution < -0.4 is 14.5 Å². The Morgan fingerprint density at radius 1 is 0.889 bits per heavy atom. The number of aromatic nitrogens is 1. The molecule has 4 heterocycles. The quantitative estimate of drug-likeness (QED) is 0.130. The lowest BCUT2D eigenvalue weighted by molar-refractivity contribution is -0.119. The summed E-state index contributed by atoms with van der Waals surface area (Å²) in [5.74, 6) is 0.176. The Morgan fingerprint density at radius 2 is 1.80 bits per heavy atom. The number of nitrogens with zero attached hydrogens (tertiary/aromatic N) is 4. The Morgan fingerprint density at radius 3 is 2.71 bits per heavy atom. The molecule has 3 aromatic carbocycles. The number of hydrogen-bond donors (Lipinski definition) is 0. The molecule has 1 fully saturated rings. The van der Waals surface area contributed by atoms with Crippen molar-refractivity contribution in [3.05, 3.63) is 95.5 Å². The van der Waals surface area contributed by atoms with Gasteiger partial charge in [-0.25, -0.2) is 4.79 Å². The molecule has 45 heavy (non-hydrogen) atoms. The first-order valence-corrected chi connectivity index (χ1v) is 16.5. The number of hydrogen-bond acceptors (Lipinski definition) is 8. The van der Waals surface area contributed by atoms with Gasteiger partial charge in [0.15, 0.2) is 6.73 Å². The average molecular weight is 621 g/mol. The minimum absolute atomic E-state index is 0.0673. The van der Waals surface area contributed by atoms with Gasteiger partial charge < -0.3 is 14.4 Å². The molecule has 0 saturated carbocycles. The summed E-state index contributed by atoms with van der Waals surface area (Å²) in [7, 11) is 0. The van der Waals surface area contributed by atoms with Gasteiger partial charge in [0.1, 0.15) is 5.75 Å². The molecule has 1 saturated heterocycles. The zero-order valence-corrected chi connectivity index (χ0v) is 26.0. The molecule has 0 unspecified atom stereocenters. The molecule has 5 aromatic rings. The van der Waals surface area contributed by atoms with E-state index >= 15 is 0 Å². The van der Waals surface area contributed by atoms with Crippen LogP contribution in [-0.2, 0) is 16.0 Å². The highest BCUT2D eigenvalue weighted by Crippen LogP contribution is 2.33. The second-order valence-corrected chi connectivity index (χ2v) is 12.5. The first-order chi connectivity index (χ1) is 22.1. The van der Waals surface area contributed by atoms with E-state index in [-0.39, 0.29) is 12.6 Å². The van der Waals surface area contributed by atoms with E-state index in [0.29, 0.717) is 25.0 Å². The topological polar surface area (TPSA) is 75.2 Å². The van der Waals surface area contributed by atoms with Crippen LogP contribution in [0.15, 0.2) is 84.4 Å². The smallest absolute Gasteiger partial charge is 0.339 e. The van der Waals surface area contributed by atoms with Crippen LogP contribution in [0.2, 0.25) is 0 Å². The number of anilines is 2. The lowest BCUT2D eigenvalue weighted by atomic mass is 10.0. The Labute approximate surface area is 266 Å². The number of carbonyl (C=O) groups is 2. The highest BCUT2D eigenvalue weighted by Gasteiger charge is 2.26. The molecule has 0 N–H and O–H groups in total. The van der Waals surface area contributed by atoms with Crippen LogP contribution in [0, 0.1) is 0 Å². The van der Waals surface area contributed by atoms with Gasteiger partial charge in [-0.1, -0.05) is 18.2 Å². The van der Waals surface area contributed by atoms with E-state index in [1.807, 2.05) is 30.3 Å². The molecule has 7 rings (SSSR count). The maximum Gasteiger partial charge on any atom is 0.339 e. The van der Waals surface area contributed by atoms with Crippen molar-refractivity contribution in [2.45, 2.75) is 25.7 Å². The van der Waals surface area contributed by atoms with Crippen molar-refractivity contribution in [1.29, 1.82) is 0 Å². The molecule has 0 spiro atoms.